The number of carbonyl (C=O) groups excluding carboxylic acids is 2. The second-order valence-electron chi connectivity index (χ2n) is 8.06. The maximum atomic E-state index is 13.8. The van der Waals surface area contributed by atoms with Crippen LogP contribution in [0, 0.1) is 0 Å². The van der Waals surface area contributed by atoms with Gasteiger partial charge in [-0.25, -0.2) is 13.6 Å². The van der Waals surface area contributed by atoms with Gasteiger partial charge in [0.15, 0.2) is 0 Å². The predicted octanol–water partition coefficient (Wildman–Crippen LogP) is 4.59. The van der Waals surface area contributed by atoms with Gasteiger partial charge in [-0.05, 0) is 42.2 Å². The Hall–Kier alpha value is -2.45. The largest absolute Gasteiger partial charge is 0.380 e. The molecule has 0 aromatic heterocycles. The molecule has 1 aliphatic heterocycles. The van der Waals surface area contributed by atoms with Crippen molar-refractivity contribution in [3.63, 3.8) is 0 Å². The highest BCUT2D eigenvalue weighted by atomic mass is 35.5. The van der Waals surface area contributed by atoms with Gasteiger partial charge in [0.25, 0.3) is 5.92 Å². The Kier molecular flexibility index (Phi) is 7.90. The van der Waals surface area contributed by atoms with Crippen molar-refractivity contribution < 1.29 is 23.1 Å². The molecule has 174 valence electrons. The van der Waals surface area contributed by atoms with Crippen LogP contribution in [0.3, 0.4) is 0 Å². The fourth-order valence-electron chi connectivity index (χ4n) is 3.96. The number of nitrogens with one attached hydrogen (secondary N) is 2. The monoisotopic (exact) mass is 467 g/mol. The molecule has 1 fully saturated rings. The summed E-state index contributed by atoms with van der Waals surface area (Å²) in [6, 6.07) is 3.83. The van der Waals surface area contributed by atoms with Crippen molar-refractivity contribution in [1.29, 1.82) is 0 Å². The Labute approximate surface area is 191 Å². The Morgan fingerprint density at radius 3 is 2.84 bits per heavy atom. The average Bonchev–Trinajstić information content (AvgIpc) is 3.20. The topological polar surface area (TPSA) is 70.7 Å². The van der Waals surface area contributed by atoms with Gasteiger partial charge in [-0.1, -0.05) is 30.7 Å². The molecule has 3 rings (SSSR count). The third-order valence-corrected chi connectivity index (χ3v) is 5.92. The number of ether oxygens (including phenoxy) is 1. The zero-order valence-electron chi connectivity index (χ0n) is 18.2. The van der Waals surface area contributed by atoms with Crippen molar-refractivity contribution in [3.05, 3.63) is 52.7 Å². The number of fused-ring (bicyclic) bond motifs is 1. The number of anilines is 1. The summed E-state index contributed by atoms with van der Waals surface area (Å²) in [5.41, 5.74) is 1.84. The number of benzene rings is 1. The lowest BCUT2D eigenvalue weighted by Gasteiger charge is -2.26. The van der Waals surface area contributed by atoms with Crippen molar-refractivity contribution >= 4 is 29.2 Å². The number of hydrogen-bond donors (Lipinski definition) is 2. The summed E-state index contributed by atoms with van der Waals surface area (Å²) in [4.78, 5) is 27.1. The third kappa shape index (κ3) is 6.07. The van der Waals surface area contributed by atoms with Gasteiger partial charge in [0.2, 0.25) is 5.91 Å². The van der Waals surface area contributed by atoms with Gasteiger partial charge >= 0.3 is 6.03 Å². The van der Waals surface area contributed by atoms with Crippen LogP contribution in [-0.2, 0) is 22.4 Å². The molecule has 6 nitrogen and oxygen atoms in total. The van der Waals surface area contributed by atoms with Crippen LogP contribution in [0.25, 0.3) is 0 Å². The molecular formula is C23H28ClF2N3O3. The van der Waals surface area contributed by atoms with Gasteiger partial charge in [-0.2, -0.15) is 0 Å². The van der Waals surface area contributed by atoms with Crippen molar-refractivity contribution in [2.45, 2.75) is 57.1 Å². The van der Waals surface area contributed by atoms with E-state index in [1.165, 1.54) is 18.2 Å². The molecular weight excluding hydrogens is 440 g/mol. The number of likely N-dealkylation sites (tertiary alicyclic amines) is 1. The lowest BCUT2D eigenvalue weighted by atomic mass is 9.89. The molecule has 1 aliphatic carbocycles. The van der Waals surface area contributed by atoms with E-state index in [0.717, 1.165) is 12.0 Å². The van der Waals surface area contributed by atoms with E-state index in [1.807, 2.05) is 13.0 Å². The summed E-state index contributed by atoms with van der Waals surface area (Å²) in [7, 11) is 1.52. The normalized spacial score (nSPS) is 22.7. The summed E-state index contributed by atoms with van der Waals surface area (Å²) in [5, 5.41) is 5.73. The number of carbonyl (C=O) groups is 2. The quantitative estimate of drug-likeness (QED) is 0.601. The lowest BCUT2D eigenvalue weighted by molar-refractivity contribution is -0.119. The number of hydrogen-bond acceptors (Lipinski definition) is 3. The first-order valence-corrected chi connectivity index (χ1v) is 11.0. The van der Waals surface area contributed by atoms with Gasteiger partial charge in [0, 0.05) is 44.8 Å². The Morgan fingerprint density at radius 2 is 2.12 bits per heavy atom. The molecule has 2 N–H and O–H groups in total. The molecule has 0 saturated carbocycles. The van der Waals surface area contributed by atoms with Gasteiger partial charge in [0.1, 0.15) is 6.04 Å². The molecule has 2 aliphatic rings. The van der Waals surface area contributed by atoms with E-state index in [2.05, 4.69) is 10.6 Å². The molecule has 1 saturated heterocycles. The SMILES string of the molecule is CC/C=C\C(Cl)=CNC(=O)N1CC(OC)C[C@@H]1C(=O)Nc1ccc2c(c1)CC(F)(F)CC2. The van der Waals surface area contributed by atoms with Crippen LogP contribution in [0.2, 0.25) is 0 Å². The highest BCUT2D eigenvalue weighted by molar-refractivity contribution is 6.31. The summed E-state index contributed by atoms with van der Waals surface area (Å²) in [6.07, 6.45) is 5.55. The minimum atomic E-state index is -2.73. The number of urea groups is 1. The lowest BCUT2D eigenvalue weighted by Crippen LogP contribution is -2.46. The second-order valence-corrected chi connectivity index (χ2v) is 8.49. The van der Waals surface area contributed by atoms with Crippen LogP contribution >= 0.6 is 11.6 Å². The first-order chi connectivity index (χ1) is 15.2. The fraction of sp³-hybridized carbons (Fsp3) is 0.478. The number of allylic oxidation sites excluding steroid dienone is 3. The Morgan fingerprint density at radius 1 is 1.34 bits per heavy atom. The Bertz CT molecular complexity index is 920. The van der Waals surface area contributed by atoms with Crippen LogP contribution < -0.4 is 10.6 Å². The fourth-order valence-corrected chi connectivity index (χ4v) is 4.10. The van der Waals surface area contributed by atoms with E-state index in [0.29, 0.717) is 29.1 Å². The van der Waals surface area contributed by atoms with Crippen LogP contribution in [0.1, 0.15) is 37.3 Å². The molecule has 3 amide bonds. The third-order valence-electron chi connectivity index (χ3n) is 5.69. The molecule has 1 aromatic carbocycles. The van der Waals surface area contributed by atoms with Crippen LogP contribution in [-0.4, -0.2) is 48.6 Å². The van der Waals surface area contributed by atoms with Crippen molar-refractivity contribution in [2.24, 2.45) is 0 Å². The molecule has 9 heteroatoms. The van der Waals surface area contributed by atoms with E-state index in [1.54, 1.807) is 24.3 Å². The molecule has 0 spiro atoms. The summed E-state index contributed by atoms with van der Waals surface area (Å²) >= 11 is 6.03. The van der Waals surface area contributed by atoms with E-state index < -0.39 is 23.9 Å². The van der Waals surface area contributed by atoms with Gasteiger partial charge in [-0.15, -0.1) is 0 Å². The molecule has 2 atom stereocenters. The maximum Gasteiger partial charge on any atom is 0.322 e. The molecule has 0 bridgehead atoms. The number of rotatable bonds is 6. The highest BCUT2D eigenvalue weighted by Gasteiger charge is 2.40. The van der Waals surface area contributed by atoms with Crippen molar-refractivity contribution in [3.8, 4) is 0 Å². The molecule has 0 radical (unpaired) electrons. The summed E-state index contributed by atoms with van der Waals surface area (Å²) in [6.45, 7) is 2.21. The zero-order valence-corrected chi connectivity index (χ0v) is 18.9. The minimum absolute atomic E-state index is 0.164. The number of aryl methyl sites for hydroxylation is 1. The second kappa shape index (κ2) is 10.4. The van der Waals surface area contributed by atoms with Gasteiger partial charge in [-0.3, -0.25) is 4.79 Å². The van der Waals surface area contributed by atoms with E-state index in [4.69, 9.17) is 16.3 Å². The van der Waals surface area contributed by atoms with Crippen molar-refractivity contribution in [2.75, 3.05) is 19.0 Å². The number of nitrogens with zero attached hydrogens (tertiary/aromatic N) is 1. The number of alkyl halides is 2. The summed E-state index contributed by atoms with van der Waals surface area (Å²) in [5.74, 6) is -3.13. The first kappa shape index (κ1) is 24.2. The number of halogens is 3. The molecule has 1 heterocycles. The molecule has 1 unspecified atom stereocenters. The van der Waals surface area contributed by atoms with Crippen LogP contribution in [0.5, 0.6) is 0 Å². The van der Waals surface area contributed by atoms with E-state index in [-0.39, 0.29) is 25.5 Å². The minimum Gasteiger partial charge on any atom is -0.380 e. The Balaban J connectivity index is 1.70. The smallest absolute Gasteiger partial charge is 0.322 e. The molecule has 32 heavy (non-hydrogen) atoms. The predicted molar refractivity (Wildman–Crippen MR) is 120 cm³/mol. The maximum absolute atomic E-state index is 13.8. The highest BCUT2D eigenvalue weighted by Crippen LogP contribution is 2.34. The number of amides is 3. The average molecular weight is 468 g/mol. The van der Waals surface area contributed by atoms with E-state index in [9.17, 15) is 18.4 Å². The first-order valence-electron chi connectivity index (χ1n) is 10.6. The summed E-state index contributed by atoms with van der Waals surface area (Å²) < 4.78 is 32.9. The van der Waals surface area contributed by atoms with Crippen molar-refractivity contribution in [1.82, 2.24) is 10.2 Å². The van der Waals surface area contributed by atoms with Gasteiger partial charge < -0.3 is 20.3 Å². The van der Waals surface area contributed by atoms with Gasteiger partial charge in [0.05, 0.1) is 11.1 Å². The standard InChI is InChI=1S/C23H28ClF2N3O3/c1-3-4-5-17(24)13-27-22(31)29-14-19(32-2)11-20(29)21(30)28-18-7-6-15-8-9-23(25,26)12-16(15)10-18/h4-7,10,13,19-20H,3,8-9,11-12,14H2,1-2H3,(H,27,31)(H,28,30)/b5-4-,17-13?/t19?,20-/m1/s1. The zero-order chi connectivity index (χ0) is 23.3. The van der Waals surface area contributed by atoms with E-state index >= 15 is 0 Å². The van der Waals surface area contributed by atoms with Crippen LogP contribution in [0.4, 0.5) is 19.3 Å². The number of methoxy groups -OCH3 is 1. The van der Waals surface area contributed by atoms with Crippen LogP contribution in [0.15, 0.2) is 41.6 Å². The molecule has 1 aromatic rings.